The maximum absolute atomic E-state index is 5.64. The van der Waals surface area contributed by atoms with Crippen molar-refractivity contribution < 1.29 is 0 Å². The van der Waals surface area contributed by atoms with Crippen molar-refractivity contribution in [2.75, 3.05) is 0 Å². The lowest BCUT2D eigenvalue weighted by Crippen LogP contribution is -2.36. The maximum Gasteiger partial charge on any atom is 0.0817 e. The Morgan fingerprint density at radius 2 is 0.482 bits per heavy atom. The van der Waals surface area contributed by atoms with E-state index in [0.29, 0.717) is 0 Å². The maximum atomic E-state index is 5.64. The molecule has 0 bridgehead atoms. The van der Waals surface area contributed by atoms with Crippen molar-refractivity contribution in [1.29, 1.82) is 0 Å². The second-order valence-corrected chi connectivity index (χ2v) is 21.4. The molecule has 405 valence electrons. The number of nitrogens with zero attached hydrogens (tertiary/aromatic N) is 6. The minimum absolute atomic E-state index is 0. The summed E-state index contributed by atoms with van der Waals surface area (Å²) in [5.74, 6) is -0.0528. The molecule has 3 radical (unpaired) electrons. The average Bonchev–Trinajstić information content (AvgIpc) is 3.76. The van der Waals surface area contributed by atoms with Crippen molar-refractivity contribution in [3.63, 3.8) is 0 Å². The Morgan fingerprint density at radius 3 is 0.729 bits per heavy atom. The SMILES string of the molecule is [B].c1ccc(C(=Nc2ccc(-c3cccc(-c4ccccc4)c3)nc2)C2CC(C(=Nc3ccc(-c4cccc(-c5ccccc5)c4)nc3)c3ccccc3)CC(C(=Nc3ccc(-c4cccc(-c5ccccc5)c4)nc3)c3ccccc3)C2)cc1. The van der Waals surface area contributed by atoms with Gasteiger partial charge in [0.25, 0.3) is 0 Å². The molecule has 0 spiro atoms. The topological polar surface area (TPSA) is 75.8 Å². The minimum atomic E-state index is -0.0176. The van der Waals surface area contributed by atoms with E-state index in [9.17, 15) is 0 Å². The van der Waals surface area contributed by atoms with Gasteiger partial charge < -0.3 is 0 Å². The molecular weight excluding hydrogens is 1030 g/mol. The monoisotopic (exact) mass is 1090 g/mol. The number of aromatic nitrogens is 3. The first-order chi connectivity index (χ1) is 41.6. The van der Waals surface area contributed by atoms with Gasteiger partial charge in [-0.25, -0.2) is 0 Å². The van der Waals surface area contributed by atoms with E-state index in [1.807, 2.05) is 36.8 Å². The number of hydrogen-bond acceptors (Lipinski definition) is 6. The van der Waals surface area contributed by atoms with Gasteiger partial charge in [0, 0.05) is 42.9 Å². The largest absolute Gasteiger partial charge is 0.254 e. The predicted octanol–water partition coefficient (Wildman–Crippen LogP) is 19.3. The third-order valence-corrected chi connectivity index (χ3v) is 15.9. The van der Waals surface area contributed by atoms with Crippen LogP contribution in [0, 0.1) is 17.8 Å². The zero-order valence-corrected chi connectivity index (χ0v) is 47.1. The molecule has 6 nitrogen and oxygen atoms in total. The van der Waals surface area contributed by atoms with Crippen LogP contribution in [0.1, 0.15) is 36.0 Å². The molecule has 1 saturated carbocycles. The van der Waals surface area contributed by atoms with Gasteiger partial charge in [0.05, 0.1) is 69.9 Å². The summed E-state index contributed by atoms with van der Waals surface area (Å²) >= 11 is 0. The highest BCUT2D eigenvalue weighted by molar-refractivity contribution is 6.09. The summed E-state index contributed by atoms with van der Waals surface area (Å²) in [5.41, 5.74) is 21.5. The minimum Gasteiger partial charge on any atom is -0.254 e. The zero-order valence-electron chi connectivity index (χ0n) is 47.1. The van der Waals surface area contributed by atoms with Crippen LogP contribution >= 0.6 is 0 Å². The molecule has 9 aromatic carbocycles. The number of pyridine rings is 3. The highest BCUT2D eigenvalue weighted by Crippen LogP contribution is 2.42. The lowest BCUT2D eigenvalue weighted by Gasteiger charge is -2.37. The van der Waals surface area contributed by atoms with Crippen LogP contribution in [0.4, 0.5) is 17.1 Å². The predicted molar refractivity (Wildman–Crippen MR) is 353 cm³/mol. The fourth-order valence-corrected chi connectivity index (χ4v) is 11.7. The average molecular weight is 1090 g/mol. The van der Waals surface area contributed by atoms with Crippen LogP contribution in [-0.4, -0.2) is 40.5 Å². The van der Waals surface area contributed by atoms with Crippen LogP contribution < -0.4 is 0 Å². The molecule has 3 aromatic heterocycles. The molecule has 0 saturated heterocycles. The van der Waals surface area contributed by atoms with Crippen molar-refractivity contribution >= 4 is 42.6 Å². The van der Waals surface area contributed by atoms with E-state index in [0.717, 1.165) is 121 Å². The van der Waals surface area contributed by atoms with Crippen molar-refractivity contribution in [1.82, 2.24) is 15.0 Å². The quantitative estimate of drug-likeness (QED) is 0.0758. The van der Waals surface area contributed by atoms with Crippen LogP contribution in [0.25, 0.3) is 67.2 Å². The molecule has 12 aromatic rings. The fraction of sp³-hybridized carbons (Fsp3) is 0.0769. The van der Waals surface area contributed by atoms with Crippen LogP contribution in [0.2, 0.25) is 0 Å². The van der Waals surface area contributed by atoms with Gasteiger partial charge in [-0.3, -0.25) is 29.9 Å². The van der Waals surface area contributed by atoms with Crippen molar-refractivity contribution in [2.45, 2.75) is 19.3 Å². The molecule has 1 aliphatic carbocycles. The summed E-state index contributed by atoms with van der Waals surface area (Å²) in [4.78, 5) is 32.1. The van der Waals surface area contributed by atoms with E-state index in [1.165, 1.54) is 16.7 Å². The normalized spacial score (nSPS) is 15.4. The number of rotatable bonds is 15. The Bertz CT molecular complexity index is 3790. The Kier molecular flexibility index (Phi) is 17.0. The molecule has 0 atom stereocenters. The van der Waals surface area contributed by atoms with Crippen molar-refractivity contribution in [3.05, 3.63) is 326 Å². The Hall–Kier alpha value is -10.5. The lowest BCUT2D eigenvalue weighted by molar-refractivity contribution is 0.338. The molecule has 3 heterocycles. The summed E-state index contributed by atoms with van der Waals surface area (Å²) < 4.78 is 0. The number of benzene rings is 9. The summed E-state index contributed by atoms with van der Waals surface area (Å²) in [5, 5.41) is 0. The molecule has 0 amide bonds. The van der Waals surface area contributed by atoms with Gasteiger partial charge in [-0.2, -0.15) is 0 Å². The fourth-order valence-electron chi connectivity index (χ4n) is 11.7. The Labute approximate surface area is 500 Å². The van der Waals surface area contributed by atoms with Gasteiger partial charge in [0.15, 0.2) is 0 Å². The first-order valence-electron chi connectivity index (χ1n) is 28.9. The lowest BCUT2D eigenvalue weighted by atomic mass is 9.68. The van der Waals surface area contributed by atoms with Crippen LogP contribution in [-0.2, 0) is 0 Å². The van der Waals surface area contributed by atoms with E-state index in [4.69, 9.17) is 29.9 Å². The zero-order chi connectivity index (χ0) is 56.3. The smallest absolute Gasteiger partial charge is 0.0817 e. The van der Waals surface area contributed by atoms with Crippen molar-refractivity contribution in [2.24, 2.45) is 32.7 Å². The van der Waals surface area contributed by atoms with E-state index < -0.39 is 0 Å². The van der Waals surface area contributed by atoms with Gasteiger partial charge in [-0.05, 0) is 124 Å². The third-order valence-electron chi connectivity index (χ3n) is 15.9. The molecule has 0 unspecified atom stereocenters. The molecule has 1 fully saturated rings. The third kappa shape index (κ3) is 13.1. The molecule has 7 heteroatoms. The van der Waals surface area contributed by atoms with Crippen LogP contribution in [0.3, 0.4) is 0 Å². The van der Waals surface area contributed by atoms with Gasteiger partial charge >= 0.3 is 0 Å². The van der Waals surface area contributed by atoms with Gasteiger partial charge in [0.2, 0.25) is 0 Å². The van der Waals surface area contributed by atoms with Gasteiger partial charge in [0.1, 0.15) is 0 Å². The highest BCUT2D eigenvalue weighted by Gasteiger charge is 2.38. The number of aliphatic imine (C=N–C) groups is 3. The summed E-state index contributed by atoms with van der Waals surface area (Å²) in [6, 6.07) is 102. The molecule has 85 heavy (non-hydrogen) atoms. The summed E-state index contributed by atoms with van der Waals surface area (Å²) in [6.45, 7) is 0. The second-order valence-electron chi connectivity index (χ2n) is 21.4. The van der Waals surface area contributed by atoms with Gasteiger partial charge in [-0.15, -0.1) is 0 Å². The van der Waals surface area contributed by atoms with Crippen LogP contribution in [0.15, 0.2) is 325 Å². The summed E-state index contributed by atoms with van der Waals surface area (Å²) in [7, 11) is 0. The Morgan fingerprint density at radius 1 is 0.247 bits per heavy atom. The standard InChI is InChI=1S/C78H60N6.B/c1-7-22-55(23-8-1)61-34-19-37-64(46-61)73-43-40-70(52-79-73)82-76(58-28-13-4-14-29-58)67-49-68(77(59-30-15-5-16-31-59)83-71-41-44-74(80-53-71)65-38-20-35-62(47-65)56-24-9-2-10-25-56)51-69(50-67)78(60-32-17-6-18-33-60)84-72-42-45-75(81-54-72)66-39-21-36-63(48-66)57-26-11-3-12-27-57;/h1-48,52-54,67-69H,49-51H2;. The van der Waals surface area contributed by atoms with Crippen molar-refractivity contribution in [3.8, 4) is 67.2 Å². The highest BCUT2D eigenvalue weighted by atomic mass is 14.8. The van der Waals surface area contributed by atoms with Crippen LogP contribution in [0.5, 0.6) is 0 Å². The first-order valence-corrected chi connectivity index (χ1v) is 28.9. The Balaban J connectivity index is 0.00000709. The molecule has 13 rings (SSSR count). The number of hydrogen-bond donors (Lipinski definition) is 0. The molecule has 0 N–H and O–H groups in total. The van der Waals surface area contributed by atoms with E-state index >= 15 is 0 Å². The molecule has 1 aliphatic rings. The van der Waals surface area contributed by atoms with Gasteiger partial charge in [-0.1, -0.05) is 237 Å². The van der Waals surface area contributed by atoms with E-state index in [2.05, 4.69) is 273 Å². The molecule has 0 aliphatic heterocycles. The summed E-state index contributed by atoms with van der Waals surface area (Å²) in [6.07, 6.45) is 8.15. The second kappa shape index (κ2) is 26.2. The van der Waals surface area contributed by atoms with E-state index in [1.54, 1.807) is 0 Å². The molecular formula is C78H60BN6. The first kappa shape index (κ1) is 55.1. The van der Waals surface area contributed by atoms with E-state index in [-0.39, 0.29) is 26.2 Å².